The summed E-state index contributed by atoms with van der Waals surface area (Å²) in [5.74, 6) is 2.06. The molecule has 1 aliphatic rings. The molecule has 572 valence electrons. The molecule has 2 atom stereocenters. The first-order chi connectivity index (χ1) is 44.3. The van der Waals surface area contributed by atoms with Gasteiger partial charge in [0.05, 0.1) is 0 Å². The van der Waals surface area contributed by atoms with Crippen LogP contribution >= 0.6 is 0 Å². The number of likely N-dealkylation sites (tertiary alicyclic amines) is 1. The van der Waals surface area contributed by atoms with Gasteiger partial charge >= 0.3 is 0 Å². The molecule has 0 aromatic heterocycles. The van der Waals surface area contributed by atoms with Gasteiger partial charge in [-0.3, -0.25) is 14.4 Å². The molecule has 24 nitrogen and oxygen atoms in total. The van der Waals surface area contributed by atoms with Crippen LogP contribution in [0.25, 0.3) is 0 Å². The Labute approximate surface area is 583 Å². The topological polar surface area (TPSA) is 479 Å². The van der Waals surface area contributed by atoms with Crippen LogP contribution in [0.3, 0.4) is 0 Å². The first-order valence-corrected chi connectivity index (χ1v) is 30.4. The number of rotatable bonds is 10. The number of carbonyl (C=O) groups is 12. The van der Waals surface area contributed by atoms with E-state index in [9.17, 15) is 14.4 Å². The Morgan fingerprint density at radius 3 is 0.821 bits per heavy atom. The van der Waals surface area contributed by atoms with Gasteiger partial charge < -0.3 is 110 Å². The summed E-state index contributed by atoms with van der Waals surface area (Å²) < 4.78 is 0. The number of amides is 3. The normalized spacial score (nSPS) is 8.64. The molecule has 0 aliphatic carbocycles. The number of aryl methyl sites for hydroxylation is 2. The molecular formula is C71H155N11O13. The number of aliphatic hydroxyl groups is 1. The van der Waals surface area contributed by atoms with Crippen molar-refractivity contribution in [3.63, 3.8) is 0 Å². The zero-order valence-electron chi connectivity index (χ0n) is 65.3. The molecule has 21 N–H and O–H groups in total. The number of hydrogen-bond acceptors (Lipinski definition) is 21. The zero-order chi connectivity index (χ0) is 78.5. The number of piperidine rings is 1. The van der Waals surface area contributed by atoms with Gasteiger partial charge in [-0.15, -0.1) is 0 Å². The Balaban J connectivity index is -0.0000000329. The molecule has 3 aromatic carbocycles. The lowest BCUT2D eigenvalue weighted by molar-refractivity contribution is -0.140. The van der Waals surface area contributed by atoms with Crippen LogP contribution in [-0.2, 0) is 76.8 Å². The number of hydrogen-bond donors (Lipinski definition) is 10. The van der Waals surface area contributed by atoms with Crippen molar-refractivity contribution in [2.45, 2.75) is 201 Å². The van der Waals surface area contributed by atoms with Crippen LogP contribution in [0.4, 0.5) is 0 Å². The van der Waals surface area contributed by atoms with E-state index in [1.165, 1.54) is 71.0 Å². The molecule has 4 rings (SSSR count). The highest BCUT2D eigenvalue weighted by molar-refractivity contribution is 5.91. The first kappa shape index (κ1) is 153. The molecule has 0 unspecified atom stereocenters. The van der Waals surface area contributed by atoms with E-state index in [1.807, 2.05) is 136 Å². The van der Waals surface area contributed by atoms with Crippen LogP contribution in [0.2, 0.25) is 0 Å². The molecule has 1 aliphatic heterocycles. The monoisotopic (exact) mass is 1370 g/mol. The number of nitrogens with two attached hydrogens (primary N) is 5. The summed E-state index contributed by atoms with van der Waals surface area (Å²) in [4.78, 5) is 112. The van der Waals surface area contributed by atoms with Crippen LogP contribution in [0, 0.1) is 17.8 Å². The molecular weight excluding hydrogens is 1210 g/mol. The van der Waals surface area contributed by atoms with Crippen LogP contribution in [0.1, 0.15) is 180 Å². The van der Waals surface area contributed by atoms with Gasteiger partial charge in [-0.1, -0.05) is 208 Å². The third-order valence-corrected chi connectivity index (χ3v) is 9.07. The minimum atomic E-state index is -0.647. The molecule has 1 fully saturated rings. The van der Waals surface area contributed by atoms with Gasteiger partial charge in [0.2, 0.25) is 17.7 Å². The van der Waals surface area contributed by atoms with E-state index in [-0.39, 0.29) is 42.3 Å². The average Bonchev–Trinajstić information content (AvgIpc) is 0.930. The van der Waals surface area contributed by atoms with E-state index in [0.29, 0.717) is 6.42 Å². The lowest BCUT2D eigenvalue weighted by Crippen LogP contribution is -2.54. The van der Waals surface area contributed by atoms with E-state index in [2.05, 4.69) is 159 Å². The summed E-state index contributed by atoms with van der Waals surface area (Å²) in [6.07, 6.45) is 8.30. The quantitative estimate of drug-likeness (QED) is 0.0901. The maximum Gasteiger partial charge on any atom is 0.244 e. The van der Waals surface area contributed by atoms with E-state index in [4.69, 9.17) is 48.3 Å². The Kier molecular flexibility index (Phi) is 278. The van der Waals surface area contributed by atoms with Crippen LogP contribution in [-0.4, -0.2) is 167 Å². The number of nitrogens with one attached hydrogen (secondary N) is 1. The molecule has 1 saturated heterocycles. The van der Waals surface area contributed by atoms with Gasteiger partial charge in [0.25, 0.3) is 0 Å². The van der Waals surface area contributed by atoms with Crippen LogP contribution in [0.15, 0.2) is 91.0 Å². The molecule has 0 spiro atoms. The number of aliphatic hydroxyl groups excluding tert-OH is 1. The summed E-state index contributed by atoms with van der Waals surface area (Å²) in [6.45, 7) is 58.2. The molecule has 95 heavy (non-hydrogen) atoms. The third kappa shape index (κ3) is 169. The molecule has 0 radical (unpaired) electrons. The Hall–Kier alpha value is -7.26. The highest BCUT2D eigenvalue weighted by Crippen LogP contribution is 2.12. The Bertz CT molecular complexity index is 1530. The zero-order valence-corrected chi connectivity index (χ0v) is 65.3. The van der Waals surface area contributed by atoms with Crippen molar-refractivity contribution in [3.05, 3.63) is 108 Å². The van der Waals surface area contributed by atoms with E-state index in [0.717, 1.165) is 68.5 Å². The van der Waals surface area contributed by atoms with Crippen molar-refractivity contribution in [1.82, 2.24) is 33.6 Å². The largest absolute Gasteiger partial charge is 0.394 e. The highest BCUT2D eigenvalue weighted by Gasteiger charge is 2.29. The SMILES string of the molecule is C=O.C=O.C=O.C=O.C=O.C=O.C=O.C=O.C=O.CC.CC.CC(=O)N(C)[C@@H](Cc1ccccc1)C(=O)N[C@@H](C)C(=O)N1CCCCC1.CC(C)C.CC(C)O.CCC(C)C.CCC(C)C.CCc1ccccc1.CCc1ccccc1.CN.CN.CN.CN.CN.N.N.N. The predicted octanol–water partition coefficient (Wildman–Crippen LogP) is 11.0. The second kappa shape index (κ2) is 173. The maximum atomic E-state index is 12.8. The van der Waals surface area contributed by atoms with Crippen molar-refractivity contribution in [2.24, 2.45) is 46.4 Å². The smallest absolute Gasteiger partial charge is 0.244 e. The summed E-state index contributed by atoms with van der Waals surface area (Å²) in [5.41, 5.74) is 26.3. The van der Waals surface area contributed by atoms with E-state index >= 15 is 0 Å². The number of carbonyl (C=O) groups excluding carboxylic acids is 12. The molecule has 24 heteroatoms. The summed E-state index contributed by atoms with van der Waals surface area (Å²) in [5, 5.41) is 10.9. The fourth-order valence-corrected chi connectivity index (χ4v) is 4.65. The van der Waals surface area contributed by atoms with Crippen molar-refractivity contribution in [2.75, 3.05) is 55.4 Å². The first-order valence-electron chi connectivity index (χ1n) is 30.4. The third-order valence-electron chi connectivity index (χ3n) is 9.07. The number of benzene rings is 3. The minimum absolute atomic E-state index is 0. The highest BCUT2D eigenvalue weighted by atomic mass is 16.3. The molecule has 1 heterocycles. The van der Waals surface area contributed by atoms with Gasteiger partial charge in [0.1, 0.15) is 73.2 Å². The second-order valence-electron chi connectivity index (χ2n) is 17.1. The minimum Gasteiger partial charge on any atom is -0.394 e. The van der Waals surface area contributed by atoms with Crippen LogP contribution in [0.5, 0.6) is 0 Å². The van der Waals surface area contributed by atoms with E-state index < -0.39 is 12.1 Å². The summed E-state index contributed by atoms with van der Waals surface area (Å²) >= 11 is 0. The van der Waals surface area contributed by atoms with Gasteiger partial charge in [-0.25, -0.2) is 0 Å². The van der Waals surface area contributed by atoms with Crippen molar-refractivity contribution < 1.29 is 62.6 Å². The van der Waals surface area contributed by atoms with Crippen molar-refractivity contribution >= 4 is 78.8 Å². The second-order valence-corrected chi connectivity index (χ2v) is 17.1. The van der Waals surface area contributed by atoms with Gasteiger partial charge in [-0.2, -0.15) is 0 Å². The fraction of sp³-hybridized carbons (Fsp3) is 0.577. The van der Waals surface area contributed by atoms with Gasteiger partial charge in [-0.05, 0) is 123 Å². The maximum absolute atomic E-state index is 12.8. The number of nitrogens with zero attached hydrogens (tertiary/aromatic N) is 2. The van der Waals surface area contributed by atoms with Crippen LogP contribution < -0.4 is 52.4 Å². The lowest BCUT2D eigenvalue weighted by Gasteiger charge is -2.31. The molecule has 0 bridgehead atoms. The molecule has 0 saturated carbocycles. The standard InChI is InChI=1S/C20H29N3O3.2C8H10.2C5H12.C4H10.C3H8O.2C2H6.5CH5N.9CH2O.3H3N/c1-15(20(26)23-12-8-5-9-13-23)21-19(25)18(22(3)16(2)24)14-17-10-6-4-7-11-17;2*1-2-8-6-4-3-5-7-8;2*1-4-5(2)3;1-4(2)3;1-3(2)4;16*1-2;;;/h4,6-7,10-11,15,18H,5,8-9,12-14H2,1-3H3,(H,21,25);2*3-7H,2H2,1H3;2*5H,4H2,1-3H3;4H,1-3H3;3-4H,1-2H3;2*1-2H3;5*2H2,1H3;9*1H2;3*1H3/t15-,18-;;;;;;;;;;;;;;;;;;;;;;;;;/m0........................./s1. The fourth-order valence-electron chi connectivity index (χ4n) is 4.65. The Morgan fingerprint density at radius 1 is 0.453 bits per heavy atom. The summed E-state index contributed by atoms with van der Waals surface area (Å²) in [6, 6.07) is 29.2. The van der Waals surface area contributed by atoms with Crippen molar-refractivity contribution in [1.29, 1.82) is 0 Å². The average molecular weight is 1370 g/mol. The van der Waals surface area contributed by atoms with Gasteiger partial charge in [0, 0.05) is 39.6 Å². The number of likely N-dealkylation sites (N-methyl/N-ethyl adjacent to an activating group) is 1. The van der Waals surface area contributed by atoms with E-state index in [1.54, 1.807) is 27.8 Å². The molecule has 3 aromatic rings. The van der Waals surface area contributed by atoms with Gasteiger partial charge in [0.15, 0.2) is 0 Å². The molecule has 3 amide bonds. The lowest BCUT2D eigenvalue weighted by atomic mass is 10.0. The summed E-state index contributed by atoms with van der Waals surface area (Å²) in [7, 11) is 9.12. The predicted molar refractivity (Wildman–Crippen MR) is 413 cm³/mol. The Morgan fingerprint density at radius 2 is 0.653 bits per heavy atom. The van der Waals surface area contributed by atoms with Crippen molar-refractivity contribution in [3.8, 4) is 0 Å².